The predicted octanol–water partition coefficient (Wildman–Crippen LogP) is 4.98. The number of carbonyl (C=O) groups excluding carboxylic acids is 2. The summed E-state index contributed by atoms with van der Waals surface area (Å²) in [5.74, 6) is 0.373. The van der Waals surface area contributed by atoms with E-state index in [4.69, 9.17) is 9.31 Å². The molecule has 0 aromatic heterocycles. The largest absolute Gasteiger partial charge is 0.482 e. The predicted molar refractivity (Wildman–Crippen MR) is 163 cm³/mol. The molecular formula is C33H49BN4O4. The molecule has 0 radical (unpaired) electrons. The first kappa shape index (κ1) is 30.9. The second-order valence-electron chi connectivity index (χ2n) is 14.5. The van der Waals surface area contributed by atoms with Gasteiger partial charge in [-0.25, -0.2) is 4.79 Å². The second-order valence-corrected chi connectivity index (χ2v) is 14.5. The van der Waals surface area contributed by atoms with Gasteiger partial charge in [0.25, 0.3) is 0 Å². The minimum absolute atomic E-state index is 0.00721. The molecule has 1 aromatic rings. The normalized spacial score (nSPS) is 31.5. The lowest BCUT2D eigenvalue weighted by Crippen LogP contribution is -2.65. The Morgan fingerprint density at radius 3 is 2.57 bits per heavy atom. The highest BCUT2D eigenvalue weighted by atomic mass is 16.7. The van der Waals surface area contributed by atoms with Gasteiger partial charge in [0.15, 0.2) is 0 Å². The van der Waals surface area contributed by atoms with Gasteiger partial charge in [0, 0.05) is 19.1 Å². The number of nitriles is 1. The zero-order chi connectivity index (χ0) is 30.2. The molecule has 5 fully saturated rings. The SMILES string of the molecule is CC(C)C[C@H](C)C(C#N)C(=O)N1CCC[C@H]1CNC(=O)N[C@@H](Cc1ccccc1)B1O[C@@H]2C[C@@H]3C[C@@H](C3(C)C)[C@]2(C)O1. The van der Waals surface area contributed by atoms with Crippen molar-refractivity contribution >= 4 is 19.1 Å². The molecule has 2 bridgehead atoms. The molecule has 3 saturated carbocycles. The summed E-state index contributed by atoms with van der Waals surface area (Å²) >= 11 is 0. The van der Waals surface area contributed by atoms with E-state index in [1.165, 1.54) is 6.42 Å². The maximum atomic E-state index is 13.4. The highest BCUT2D eigenvalue weighted by Crippen LogP contribution is 2.65. The third-order valence-corrected chi connectivity index (χ3v) is 10.9. The van der Waals surface area contributed by atoms with Crippen LogP contribution >= 0.6 is 0 Å². The van der Waals surface area contributed by atoms with E-state index in [1.54, 1.807) is 0 Å². The quantitative estimate of drug-likeness (QED) is 0.383. The summed E-state index contributed by atoms with van der Waals surface area (Å²) in [7, 11) is -0.538. The monoisotopic (exact) mass is 576 g/mol. The Kier molecular flexibility index (Phi) is 8.97. The molecule has 8 nitrogen and oxygen atoms in total. The molecule has 2 aliphatic heterocycles. The van der Waals surface area contributed by atoms with Gasteiger partial charge in [0.2, 0.25) is 5.91 Å². The lowest BCUT2D eigenvalue weighted by Gasteiger charge is -2.64. The number of carbonyl (C=O) groups is 2. The van der Waals surface area contributed by atoms with Crippen LogP contribution in [0.1, 0.15) is 79.2 Å². The third kappa shape index (κ3) is 5.94. The maximum absolute atomic E-state index is 13.4. The zero-order valence-electron chi connectivity index (χ0n) is 26.3. The van der Waals surface area contributed by atoms with Crippen LogP contribution in [-0.2, 0) is 20.5 Å². The van der Waals surface area contributed by atoms with Gasteiger partial charge in [0.05, 0.1) is 23.7 Å². The number of nitrogens with one attached hydrogen (secondary N) is 2. The molecular weight excluding hydrogens is 527 g/mol. The van der Waals surface area contributed by atoms with E-state index in [-0.39, 0.29) is 47.0 Å². The van der Waals surface area contributed by atoms with Crippen LogP contribution in [0.25, 0.3) is 0 Å². The molecule has 8 atom stereocenters. The lowest BCUT2D eigenvalue weighted by molar-refractivity contribution is -0.199. The van der Waals surface area contributed by atoms with Crippen LogP contribution in [0.4, 0.5) is 4.79 Å². The number of nitrogens with zero attached hydrogens (tertiary/aromatic N) is 2. The van der Waals surface area contributed by atoms with Crippen molar-refractivity contribution in [2.24, 2.45) is 35.0 Å². The molecule has 1 aromatic carbocycles. The minimum atomic E-state index is -0.658. The van der Waals surface area contributed by atoms with Gasteiger partial charge in [-0.1, -0.05) is 65.0 Å². The Bertz CT molecular complexity index is 1170. The Morgan fingerprint density at radius 2 is 1.90 bits per heavy atom. The first-order valence-electron chi connectivity index (χ1n) is 16.1. The number of urea groups is 1. The number of hydrogen-bond acceptors (Lipinski definition) is 5. The van der Waals surface area contributed by atoms with E-state index >= 15 is 0 Å². The van der Waals surface area contributed by atoms with Gasteiger partial charge < -0.3 is 24.8 Å². The van der Waals surface area contributed by atoms with Crippen LogP contribution < -0.4 is 10.6 Å². The second kappa shape index (κ2) is 12.2. The fourth-order valence-electron chi connectivity index (χ4n) is 8.41. The summed E-state index contributed by atoms with van der Waals surface area (Å²) in [5.41, 5.74) is 0.987. The average molecular weight is 577 g/mol. The van der Waals surface area contributed by atoms with E-state index in [0.29, 0.717) is 37.3 Å². The molecule has 2 saturated heterocycles. The molecule has 0 spiro atoms. The van der Waals surface area contributed by atoms with Crippen LogP contribution in [0.5, 0.6) is 0 Å². The van der Waals surface area contributed by atoms with Crippen molar-refractivity contribution in [3.05, 3.63) is 35.9 Å². The van der Waals surface area contributed by atoms with Crippen molar-refractivity contribution in [3.63, 3.8) is 0 Å². The summed E-state index contributed by atoms with van der Waals surface area (Å²) in [6.07, 6.45) is 5.30. The average Bonchev–Trinajstić information content (AvgIpc) is 3.55. The number of amides is 3. The number of benzene rings is 1. The Balaban J connectivity index is 1.22. The van der Waals surface area contributed by atoms with E-state index in [9.17, 15) is 14.9 Å². The van der Waals surface area contributed by atoms with Gasteiger partial charge in [-0.05, 0) is 80.1 Å². The fraction of sp³-hybridized carbons (Fsp3) is 0.727. The summed E-state index contributed by atoms with van der Waals surface area (Å²) < 4.78 is 13.3. The third-order valence-electron chi connectivity index (χ3n) is 10.9. The first-order valence-corrected chi connectivity index (χ1v) is 16.1. The van der Waals surface area contributed by atoms with Crippen molar-refractivity contribution in [1.29, 1.82) is 5.26 Å². The highest BCUT2D eigenvalue weighted by Gasteiger charge is 2.68. The van der Waals surface area contributed by atoms with Crippen LogP contribution in [0.3, 0.4) is 0 Å². The van der Waals surface area contributed by atoms with E-state index in [1.807, 2.05) is 30.0 Å². The van der Waals surface area contributed by atoms with E-state index < -0.39 is 13.0 Å². The molecule has 3 aliphatic carbocycles. The zero-order valence-corrected chi connectivity index (χ0v) is 26.3. The first-order chi connectivity index (χ1) is 19.9. The van der Waals surface area contributed by atoms with E-state index in [2.05, 4.69) is 63.5 Å². The van der Waals surface area contributed by atoms with Crippen molar-refractivity contribution in [1.82, 2.24) is 15.5 Å². The van der Waals surface area contributed by atoms with Crippen molar-refractivity contribution in [3.8, 4) is 6.07 Å². The Labute approximate surface area is 252 Å². The van der Waals surface area contributed by atoms with Crippen molar-refractivity contribution < 1.29 is 18.9 Å². The number of hydrogen-bond donors (Lipinski definition) is 2. The summed E-state index contributed by atoms with van der Waals surface area (Å²) in [5, 5.41) is 16.0. The van der Waals surface area contributed by atoms with Gasteiger partial charge >= 0.3 is 13.1 Å². The molecule has 3 amide bonds. The number of likely N-dealkylation sites (tertiary alicyclic amines) is 1. The summed E-state index contributed by atoms with van der Waals surface area (Å²) in [4.78, 5) is 28.5. The Hall–Kier alpha value is -2.57. The van der Waals surface area contributed by atoms with Crippen molar-refractivity contribution in [2.45, 2.75) is 104 Å². The van der Waals surface area contributed by atoms with Crippen LogP contribution in [0, 0.1) is 46.3 Å². The molecule has 2 N–H and O–H groups in total. The molecule has 1 unspecified atom stereocenters. The molecule has 228 valence electrons. The molecule has 42 heavy (non-hydrogen) atoms. The highest BCUT2D eigenvalue weighted by molar-refractivity contribution is 6.48. The number of rotatable bonds is 10. The smallest absolute Gasteiger partial charge is 0.404 e. The minimum Gasteiger partial charge on any atom is -0.404 e. The van der Waals surface area contributed by atoms with Crippen LogP contribution in [0.2, 0.25) is 0 Å². The Morgan fingerprint density at radius 1 is 1.17 bits per heavy atom. The fourth-order valence-corrected chi connectivity index (χ4v) is 8.41. The topological polar surface area (TPSA) is 104 Å². The maximum Gasteiger partial charge on any atom is 0.482 e. The molecule has 9 heteroatoms. The van der Waals surface area contributed by atoms with E-state index in [0.717, 1.165) is 31.2 Å². The van der Waals surface area contributed by atoms with Crippen LogP contribution in [0.15, 0.2) is 30.3 Å². The molecule has 6 rings (SSSR count). The van der Waals surface area contributed by atoms with Gasteiger partial charge in [0.1, 0.15) is 5.92 Å². The van der Waals surface area contributed by atoms with Gasteiger partial charge in [-0.3, -0.25) is 4.79 Å². The van der Waals surface area contributed by atoms with Gasteiger partial charge in [-0.15, -0.1) is 0 Å². The molecule has 5 aliphatic rings. The lowest BCUT2D eigenvalue weighted by atomic mass is 9.43. The summed E-state index contributed by atoms with van der Waals surface area (Å²) in [6.45, 7) is 14.1. The van der Waals surface area contributed by atoms with Gasteiger partial charge in [-0.2, -0.15) is 5.26 Å². The van der Waals surface area contributed by atoms with Crippen LogP contribution in [-0.4, -0.2) is 60.7 Å². The standard InChI is InChI=1S/C33H49BN4O4/c1-21(2)15-22(3)26(19-35)30(39)38-14-10-13-25(38)20-36-31(40)37-29(16-23-11-8-7-9-12-23)34-41-28-18-24-17-27(32(24,4)5)33(28,6)42-34/h7-9,11-12,21-22,24-29H,10,13-18,20H2,1-6H3,(H2,36,37,40)/t22-,24-,25-,26?,27-,28+,29-,33-/m0/s1. The molecule has 2 heterocycles. The summed E-state index contributed by atoms with van der Waals surface area (Å²) in [6, 6.07) is 12.0. The van der Waals surface area contributed by atoms with Crippen molar-refractivity contribution in [2.75, 3.05) is 13.1 Å².